The number of aryl methyl sites for hydroxylation is 1. The minimum atomic E-state index is 0.0139. The minimum Gasteiger partial charge on any atom is -0.373 e. The van der Waals surface area contributed by atoms with E-state index in [9.17, 15) is 4.79 Å². The van der Waals surface area contributed by atoms with Crippen molar-refractivity contribution < 1.29 is 9.53 Å². The van der Waals surface area contributed by atoms with Crippen LogP contribution in [-0.4, -0.2) is 33.5 Å². The Labute approximate surface area is 119 Å². The lowest BCUT2D eigenvalue weighted by Crippen LogP contribution is -2.44. The smallest absolute Gasteiger partial charge is 0.223 e. The van der Waals surface area contributed by atoms with Gasteiger partial charge in [-0.25, -0.2) is 0 Å². The first-order valence-corrected chi connectivity index (χ1v) is 7.33. The van der Waals surface area contributed by atoms with E-state index in [1.54, 1.807) is 0 Å². The van der Waals surface area contributed by atoms with Crippen molar-refractivity contribution in [1.29, 1.82) is 0 Å². The highest BCUT2D eigenvalue weighted by Gasteiger charge is 2.21. The lowest BCUT2D eigenvalue weighted by atomic mass is 10.0. The lowest BCUT2D eigenvalue weighted by Gasteiger charge is -2.24. The fourth-order valence-electron chi connectivity index (χ4n) is 2.22. The van der Waals surface area contributed by atoms with Crippen LogP contribution in [0, 0.1) is 11.8 Å². The van der Waals surface area contributed by atoms with Gasteiger partial charge in [-0.2, -0.15) is 0 Å². The van der Waals surface area contributed by atoms with Gasteiger partial charge in [-0.1, -0.05) is 26.0 Å². The third-order valence-corrected chi connectivity index (χ3v) is 3.74. The summed E-state index contributed by atoms with van der Waals surface area (Å²) in [5, 5.41) is 11.3. The van der Waals surface area contributed by atoms with Gasteiger partial charge in [0.25, 0.3) is 0 Å². The molecule has 2 heterocycles. The number of carbonyl (C=O) groups excluding carboxylic acids is 1. The Morgan fingerprint density at radius 2 is 2.30 bits per heavy atom. The molecule has 2 atom stereocenters. The maximum atomic E-state index is 12.2. The molecule has 2 bridgehead atoms. The normalized spacial score (nSPS) is 25.5. The molecule has 1 aromatic rings. The van der Waals surface area contributed by atoms with E-state index in [1.165, 1.54) is 0 Å². The molecule has 112 valence electrons. The van der Waals surface area contributed by atoms with Crippen molar-refractivity contribution in [3.8, 4) is 0 Å². The molecule has 1 amide bonds. The summed E-state index contributed by atoms with van der Waals surface area (Å²) in [5.74, 6) is 0.469. The lowest BCUT2D eigenvalue weighted by molar-refractivity contribution is -0.126. The molecule has 0 spiro atoms. The molecule has 6 heteroatoms. The number of aromatic nitrogens is 3. The van der Waals surface area contributed by atoms with E-state index in [4.69, 9.17) is 4.74 Å². The van der Waals surface area contributed by atoms with Gasteiger partial charge in [0.2, 0.25) is 5.91 Å². The molecule has 1 aromatic heterocycles. The van der Waals surface area contributed by atoms with Crippen molar-refractivity contribution in [3.05, 3.63) is 11.9 Å². The van der Waals surface area contributed by atoms with Gasteiger partial charge >= 0.3 is 0 Å². The molecule has 1 aliphatic rings. The molecule has 0 unspecified atom stereocenters. The van der Waals surface area contributed by atoms with Gasteiger partial charge in [0, 0.05) is 12.5 Å². The second-order valence-electron chi connectivity index (χ2n) is 5.89. The van der Waals surface area contributed by atoms with Crippen molar-refractivity contribution in [1.82, 2.24) is 20.3 Å². The van der Waals surface area contributed by atoms with Crippen molar-refractivity contribution in [3.63, 3.8) is 0 Å². The Balaban J connectivity index is 2.06. The maximum absolute atomic E-state index is 12.2. The van der Waals surface area contributed by atoms with E-state index in [-0.39, 0.29) is 17.9 Å². The van der Waals surface area contributed by atoms with Crippen LogP contribution in [0.1, 0.15) is 39.3 Å². The van der Waals surface area contributed by atoms with Gasteiger partial charge in [0.05, 0.1) is 25.5 Å². The van der Waals surface area contributed by atoms with E-state index < -0.39 is 0 Å². The summed E-state index contributed by atoms with van der Waals surface area (Å²) in [6, 6.07) is 0.0424. The number of nitrogens with one attached hydrogen (secondary N) is 1. The number of carbonyl (C=O) groups is 1. The first-order valence-electron chi connectivity index (χ1n) is 7.33. The quantitative estimate of drug-likeness (QED) is 0.843. The Morgan fingerprint density at radius 3 is 3.05 bits per heavy atom. The molecule has 20 heavy (non-hydrogen) atoms. The molecule has 2 rings (SSSR count). The summed E-state index contributed by atoms with van der Waals surface area (Å²) in [5.41, 5.74) is 0.839. The van der Waals surface area contributed by atoms with Crippen LogP contribution >= 0.6 is 0 Å². The SMILES string of the molecule is CC(C)[C@H]1COCc2cn(nn2)CCC[C@@H](C)C(=O)N1. The van der Waals surface area contributed by atoms with E-state index in [0.29, 0.717) is 19.1 Å². The molecular formula is C14H24N4O2. The van der Waals surface area contributed by atoms with E-state index in [1.807, 2.05) is 17.8 Å². The number of ether oxygens (including phenoxy) is 1. The first-order chi connectivity index (χ1) is 9.56. The van der Waals surface area contributed by atoms with Crippen LogP contribution in [0.5, 0.6) is 0 Å². The zero-order chi connectivity index (χ0) is 14.5. The third-order valence-electron chi connectivity index (χ3n) is 3.74. The summed E-state index contributed by atoms with van der Waals surface area (Å²) < 4.78 is 7.49. The summed E-state index contributed by atoms with van der Waals surface area (Å²) in [4.78, 5) is 12.2. The van der Waals surface area contributed by atoms with Gasteiger partial charge < -0.3 is 10.1 Å². The molecule has 0 aliphatic carbocycles. The Bertz CT molecular complexity index is 444. The average Bonchev–Trinajstić information content (AvgIpc) is 2.84. The Morgan fingerprint density at radius 1 is 1.50 bits per heavy atom. The van der Waals surface area contributed by atoms with Gasteiger partial charge in [-0.3, -0.25) is 9.48 Å². The van der Waals surface area contributed by atoms with Gasteiger partial charge in [-0.15, -0.1) is 5.10 Å². The summed E-state index contributed by atoms with van der Waals surface area (Å²) >= 11 is 0. The van der Waals surface area contributed by atoms with Crippen LogP contribution in [0.15, 0.2) is 6.20 Å². The van der Waals surface area contributed by atoms with Crippen LogP contribution in [0.3, 0.4) is 0 Å². The van der Waals surface area contributed by atoms with Crippen LogP contribution < -0.4 is 5.32 Å². The molecular weight excluding hydrogens is 256 g/mol. The molecule has 0 fully saturated rings. The third kappa shape index (κ3) is 4.03. The van der Waals surface area contributed by atoms with Crippen LogP contribution in [0.2, 0.25) is 0 Å². The number of rotatable bonds is 1. The first kappa shape index (κ1) is 15.0. The molecule has 1 aliphatic heterocycles. The fraction of sp³-hybridized carbons (Fsp3) is 0.786. The molecule has 0 saturated heterocycles. The highest BCUT2D eigenvalue weighted by molar-refractivity contribution is 5.78. The highest BCUT2D eigenvalue weighted by atomic mass is 16.5. The standard InChI is InChI=1S/C14H24N4O2/c1-10(2)13-9-20-8-12-7-18(17-16-12)6-4-5-11(3)14(19)15-13/h7,10-11,13H,4-6,8-9H2,1-3H3,(H,15,19)/t11-,13-/m1/s1. The predicted octanol–water partition coefficient (Wildman–Crippen LogP) is 1.37. The molecule has 1 N–H and O–H groups in total. The number of nitrogens with zero attached hydrogens (tertiary/aromatic N) is 3. The number of hydrogen-bond donors (Lipinski definition) is 1. The maximum Gasteiger partial charge on any atom is 0.223 e. The van der Waals surface area contributed by atoms with Crippen molar-refractivity contribution in [2.75, 3.05) is 6.61 Å². The van der Waals surface area contributed by atoms with E-state index in [2.05, 4.69) is 29.5 Å². The second kappa shape index (κ2) is 6.83. The highest BCUT2D eigenvalue weighted by Crippen LogP contribution is 2.11. The molecule has 0 radical (unpaired) electrons. The minimum absolute atomic E-state index is 0.0139. The predicted molar refractivity (Wildman–Crippen MR) is 74.8 cm³/mol. The molecule has 0 aromatic carbocycles. The Hall–Kier alpha value is -1.43. The molecule has 0 saturated carbocycles. The fourth-order valence-corrected chi connectivity index (χ4v) is 2.22. The molecule has 6 nitrogen and oxygen atoms in total. The van der Waals surface area contributed by atoms with Gasteiger partial charge in [0.15, 0.2) is 0 Å². The second-order valence-corrected chi connectivity index (χ2v) is 5.89. The van der Waals surface area contributed by atoms with Crippen molar-refractivity contribution in [2.24, 2.45) is 11.8 Å². The average molecular weight is 280 g/mol. The van der Waals surface area contributed by atoms with Crippen molar-refractivity contribution >= 4 is 5.91 Å². The van der Waals surface area contributed by atoms with Crippen LogP contribution in [0.25, 0.3) is 0 Å². The van der Waals surface area contributed by atoms with Crippen molar-refractivity contribution in [2.45, 2.75) is 52.8 Å². The van der Waals surface area contributed by atoms with Gasteiger partial charge in [0.1, 0.15) is 5.69 Å². The number of hydrogen-bond acceptors (Lipinski definition) is 4. The Kier molecular flexibility index (Phi) is 5.11. The zero-order valence-electron chi connectivity index (χ0n) is 12.5. The summed E-state index contributed by atoms with van der Waals surface area (Å²) in [6.07, 6.45) is 3.69. The largest absolute Gasteiger partial charge is 0.373 e. The summed E-state index contributed by atoms with van der Waals surface area (Å²) in [7, 11) is 0. The van der Waals surface area contributed by atoms with E-state index >= 15 is 0 Å². The number of amides is 1. The topological polar surface area (TPSA) is 69.0 Å². The zero-order valence-corrected chi connectivity index (χ0v) is 12.5. The van der Waals surface area contributed by atoms with Crippen LogP contribution in [0.4, 0.5) is 0 Å². The van der Waals surface area contributed by atoms with Crippen LogP contribution in [-0.2, 0) is 22.7 Å². The van der Waals surface area contributed by atoms with Gasteiger partial charge in [-0.05, 0) is 18.8 Å². The van der Waals surface area contributed by atoms with E-state index in [0.717, 1.165) is 25.1 Å². The monoisotopic (exact) mass is 280 g/mol. The summed E-state index contributed by atoms with van der Waals surface area (Å²) in [6.45, 7) is 7.89. The number of fused-ring (bicyclic) bond motifs is 2.